The second-order valence-corrected chi connectivity index (χ2v) is 4.05. The smallest absolute Gasteiger partial charge is 0.233 e. The van der Waals surface area contributed by atoms with E-state index >= 15 is 0 Å². The van der Waals surface area contributed by atoms with Crippen molar-refractivity contribution in [3.05, 3.63) is 29.8 Å². The summed E-state index contributed by atoms with van der Waals surface area (Å²) in [5.74, 6) is -3.10. The van der Waals surface area contributed by atoms with E-state index in [1.807, 2.05) is 0 Å². The van der Waals surface area contributed by atoms with Crippen LogP contribution in [0.2, 0.25) is 0 Å². The molecule has 0 saturated heterocycles. The first-order valence-electron chi connectivity index (χ1n) is 6.03. The molecule has 0 aliphatic heterocycles. The van der Waals surface area contributed by atoms with E-state index in [0.29, 0.717) is 19.6 Å². The van der Waals surface area contributed by atoms with E-state index in [4.69, 9.17) is 4.74 Å². The maximum absolute atomic E-state index is 12.9. The minimum absolute atomic E-state index is 0.0982. The van der Waals surface area contributed by atoms with Gasteiger partial charge in [-0.15, -0.1) is 0 Å². The van der Waals surface area contributed by atoms with Crippen molar-refractivity contribution in [3.63, 3.8) is 0 Å². The van der Waals surface area contributed by atoms with Crippen LogP contribution in [-0.4, -0.2) is 32.1 Å². The predicted octanol–water partition coefficient (Wildman–Crippen LogP) is 1.45. The number of hydrogen-bond donors (Lipinski definition) is 2. The number of halogens is 2. The second-order valence-electron chi connectivity index (χ2n) is 4.05. The van der Waals surface area contributed by atoms with Crippen molar-refractivity contribution in [2.75, 3.05) is 25.6 Å². The number of carbonyl (C=O) groups excluding carboxylic acids is 2. The Morgan fingerprint density at radius 2 is 1.95 bits per heavy atom. The quantitative estimate of drug-likeness (QED) is 0.589. The third-order valence-electron chi connectivity index (χ3n) is 2.37. The molecule has 0 aliphatic rings. The summed E-state index contributed by atoms with van der Waals surface area (Å²) in [4.78, 5) is 22.9. The molecule has 2 amide bonds. The number of nitrogens with one attached hydrogen (secondary N) is 2. The molecule has 0 aromatic heterocycles. The van der Waals surface area contributed by atoms with Gasteiger partial charge in [-0.05, 0) is 18.6 Å². The Balaban J connectivity index is 2.35. The third kappa shape index (κ3) is 5.75. The average molecular weight is 286 g/mol. The Kier molecular flexibility index (Phi) is 6.58. The van der Waals surface area contributed by atoms with Crippen LogP contribution >= 0.6 is 0 Å². The molecule has 0 fully saturated rings. The van der Waals surface area contributed by atoms with Crippen molar-refractivity contribution in [1.29, 1.82) is 0 Å². The number of amides is 2. The second kappa shape index (κ2) is 8.21. The van der Waals surface area contributed by atoms with Crippen LogP contribution in [0.15, 0.2) is 18.2 Å². The monoisotopic (exact) mass is 286 g/mol. The van der Waals surface area contributed by atoms with Gasteiger partial charge in [-0.1, -0.05) is 0 Å². The minimum Gasteiger partial charge on any atom is -0.385 e. The Labute approximate surface area is 115 Å². The standard InChI is InChI=1S/C13H16F2N2O3/c1-20-6-2-5-16-12(18)8-13(19)17-9-3-4-10(14)11(15)7-9/h3-4,7H,2,5-6,8H2,1H3,(H,16,18)(H,17,19). The molecule has 0 unspecified atom stereocenters. The molecule has 1 rings (SSSR count). The Morgan fingerprint density at radius 3 is 2.60 bits per heavy atom. The number of ether oxygens (including phenoxy) is 1. The first-order valence-corrected chi connectivity index (χ1v) is 6.03. The highest BCUT2D eigenvalue weighted by Gasteiger charge is 2.10. The SMILES string of the molecule is COCCCNC(=O)CC(=O)Nc1ccc(F)c(F)c1. The zero-order valence-corrected chi connectivity index (χ0v) is 11.0. The van der Waals surface area contributed by atoms with Crippen molar-refractivity contribution < 1.29 is 23.1 Å². The van der Waals surface area contributed by atoms with Crippen molar-refractivity contribution in [1.82, 2.24) is 5.32 Å². The van der Waals surface area contributed by atoms with Gasteiger partial charge in [0, 0.05) is 32.0 Å². The summed E-state index contributed by atoms with van der Waals surface area (Å²) < 4.78 is 30.4. The Morgan fingerprint density at radius 1 is 1.20 bits per heavy atom. The van der Waals surface area contributed by atoms with Crippen LogP contribution in [0.3, 0.4) is 0 Å². The van der Waals surface area contributed by atoms with Crippen LogP contribution in [0.4, 0.5) is 14.5 Å². The van der Waals surface area contributed by atoms with E-state index < -0.39 is 23.4 Å². The molecular formula is C13H16F2N2O3. The molecule has 1 aromatic rings. The van der Waals surface area contributed by atoms with Gasteiger partial charge in [-0.3, -0.25) is 9.59 Å². The summed E-state index contributed by atoms with van der Waals surface area (Å²) >= 11 is 0. The lowest BCUT2D eigenvalue weighted by molar-refractivity contribution is -0.126. The topological polar surface area (TPSA) is 67.4 Å². The molecule has 5 nitrogen and oxygen atoms in total. The normalized spacial score (nSPS) is 10.2. The minimum atomic E-state index is -1.06. The number of anilines is 1. The highest BCUT2D eigenvalue weighted by molar-refractivity contribution is 6.03. The molecular weight excluding hydrogens is 270 g/mol. The average Bonchev–Trinajstić information content (AvgIpc) is 2.39. The summed E-state index contributed by atoms with van der Waals surface area (Å²) in [6.07, 6.45) is 0.263. The van der Waals surface area contributed by atoms with Crippen LogP contribution < -0.4 is 10.6 Å². The Hall–Kier alpha value is -2.02. The van der Waals surface area contributed by atoms with Crippen LogP contribution in [0.5, 0.6) is 0 Å². The van der Waals surface area contributed by atoms with Crippen LogP contribution in [-0.2, 0) is 14.3 Å². The zero-order chi connectivity index (χ0) is 15.0. The van der Waals surface area contributed by atoms with E-state index in [1.165, 1.54) is 6.07 Å². The lowest BCUT2D eigenvalue weighted by Gasteiger charge is -2.06. The van der Waals surface area contributed by atoms with Crippen molar-refractivity contribution in [2.24, 2.45) is 0 Å². The molecule has 0 aliphatic carbocycles. The number of rotatable bonds is 7. The Bertz CT molecular complexity index is 481. The molecule has 0 spiro atoms. The van der Waals surface area contributed by atoms with Gasteiger partial charge in [-0.25, -0.2) is 8.78 Å². The molecule has 110 valence electrons. The van der Waals surface area contributed by atoms with Crippen LogP contribution in [0, 0.1) is 11.6 Å². The zero-order valence-electron chi connectivity index (χ0n) is 11.0. The summed E-state index contributed by atoms with van der Waals surface area (Å²) in [7, 11) is 1.55. The number of carbonyl (C=O) groups is 2. The fraction of sp³-hybridized carbons (Fsp3) is 0.385. The van der Waals surface area contributed by atoms with E-state index in [0.717, 1.165) is 12.1 Å². The lowest BCUT2D eigenvalue weighted by atomic mass is 10.3. The summed E-state index contributed by atoms with van der Waals surface area (Å²) in [6, 6.07) is 2.96. The van der Waals surface area contributed by atoms with Gasteiger partial charge >= 0.3 is 0 Å². The van der Waals surface area contributed by atoms with E-state index in [1.54, 1.807) is 7.11 Å². The van der Waals surface area contributed by atoms with Gasteiger partial charge in [0.05, 0.1) is 0 Å². The van der Waals surface area contributed by atoms with E-state index in [-0.39, 0.29) is 12.1 Å². The van der Waals surface area contributed by atoms with Crippen molar-refractivity contribution in [3.8, 4) is 0 Å². The maximum atomic E-state index is 12.9. The summed E-state index contributed by atoms with van der Waals surface area (Å²) in [5, 5.41) is 4.85. The van der Waals surface area contributed by atoms with E-state index in [9.17, 15) is 18.4 Å². The molecule has 0 atom stereocenters. The van der Waals surface area contributed by atoms with Crippen molar-refractivity contribution in [2.45, 2.75) is 12.8 Å². The number of benzene rings is 1. The fourth-order valence-corrected chi connectivity index (χ4v) is 1.43. The number of hydrogen-bond acceptors (Lipinski definition) is 3. The largest absolute Gasteiger partial charge is 0.385 e. The molecule has 0 radical (unpaired) electrons. The summed E-state index contributed by atoms with van der Waals surface area (Å²) in [6.45, 7) is 0.923. The molecule has 1 aromatic carbocycles. The molecule has 0 heterocycles. The predicted molar refractivity (Wildman–Crippen MR) is 69.1 cm³/mol. The van der Waals surface area contributed by atoms with Gasteiger partial charge < -0.3 is 15.4 Å². The fourth-order valence-electron chi connectivity index (χ4n) is 1.43. The summed E-state index contributed by atoms with van der Waals surface area (Å²) in [5.41, 5.74) is 0.0982. The van der Waals surface area contributed by atoms with Crippen molar-refractivity contribution >= 4 is 17.5 Å². The van der Waals surface area contributed by atoms with Gasteiger partial charge in [0.1, 0.15) is 6.42 Å². The first kappa shape index (κ1) is 16.0. The molecule has 0 saturated carbocycles. The molecule has 2 N–H and O–H groups in total. The van der Waals surface area contributed by atoms with Crippen LogP contribution in [0.1, 0.15) is 12.8 Å². The first-order chi connectivity index (χ1) is 9.52. The maximum Gasteiger partial charge on any atom is 0.233 e. The van der Waals surface area contributed by atoms with Gasteiger partial charge in [0.15, 0.2) is 11.6 Å². The van der Waals surface area contributed by atoms with E-state index in [2.05, 4.69) is 10.6 Å². The molecule has 20 heavy (non-hydrogen) atoms. The lowest BCUT2D eigenvalue weighted by Crippen LogP contribution is -2.29. The highest BCUT2D eigenvalue weighted by atomic mass is 19.2. The number of methoxy groups -OCH3 is 1. The molecule has 0 bridgehead atoms. The van der Waals surface area contributed by atoms with Crippen LogP contribution in [0.25, 0.3) is 0 Å². The van der Waals surface area contributed by atoms with Gasteiger partial charge in [0.2, 0.25) is 11.8 Å². The van der Waals surface area contributed by atoms with Gasteiger partial charge in [-0.2, -0.15) is 0 Å². The molecule has 7 heteroatoms. The third-order valence-corrected chi connectivity index (χ3v) is 2.37. The highest BCUT2D eigenvalue weighted by Crippen LogP contribution is 2.13. The van der Waals surface area contributed by atoms with Gasteiger partial charge in [0.25, 0.3) is 0 Å².